The number of fused-ring (bicyclic) bond motifs is 2. The lowest BCUT2D eigenvalue weighted by Crippen LogP contribution is -2.65. The third kappa shape index (κ3) is 19.4. The molecule has 13 atom stereocenters. The summed E-state index contributed by atoms with van der Waals surface area (Å²) in [4.78, 5) is 192. The number of amides is 12. The van der Waals surface area contributed by atoms with Crippen LogP contribution in [0.3, 0.4) is 0 Å². The van der Waals surface area contributed by atoms with Crippen molar-refractivity contribution in [2.45, 2.75) is 274 Å². The van der Waals surface area contributed by atoms with E-state index in [2.05, 4.69) is 21.3 Å². The van der Waals surface area contributed by atoms with Gasteiger partial charge in [-0.25, -0.2) is 0 Å². The Morgan fingerprint density at radius 1 is 0.637 bits per heavy atom. The minimum absolute atomic E-state index is 0.000761. The number of nitrogens with zero attached hydrogens (tertiary/aromatic N) is 8. The summed E-state index contributed by atoms with van der Waals surface area (Å²) in [6.07, 6.45) is 4.92. The third-order valence-electron chi connectivity index (χ3n) is 23.8. The highest BCUT2D eigenvalue weighted by Gasteiger charge is 2.53. The Morgan fingerprint density at radius 2 is 1.28 bits per heavy atom. The van der Waals surface area contributed by atoms with E-state index in [0.29, 0.717) is 38.5 Å². The zero-order chi connectivity index (χ0) is 74.7. The lowest BCUT2D eigenvalue weighted by atomic mass is 9.78. The highest BCUT2D eigenvalue weighted by atomic mass is 35.5. The number of hydrogen-bond acceptors (Lipinski definition) is 13. The number of carbonyl (C=O) groups excluding carboxylic acids is 12. The molecule has 25 nitrogen and oxygen atoms in total. The number of alkyl halides is 4. The minimum atomic E-state index is -4.51. The first-order valence-corrected chi connectivity index (χ1v) is 38.5. The summed E-state index contributed by atoms with van der Waals surface area (Å²) in [6, 6.07) is -10.9. The van der Waals surface area contributed by atoms with Gasteiger partial charge >= 0.3 is 6.18 Å². The topological polar surface area (TPSA) is 288 Å². The van der Waals surface area contributed by atoms with Crippen LogP contribution in [0.25, 0.3) is 0 Å². The normalized spacial score (nSPS) is 31.4. The van der Waals surface area contributed by atoms with Gasteiger partial charge in [0.25, 0.3) is 0 Å². The maximum Gasteiger partial charge on any atom is 0.393 e. The van der Waals surface area contributed by atoms with Gasteiger partial charge in [0.05, 0.1) is 32.1 Å². The lowest BCUT2D eigenvalue weighted by Gasteiger charge is -2.44. The molecule has 3 unspecified atom stereocenters. The molecule has 4 heterocycles. The van der Waals surface area contributed by atoms with Gasteiger partial charge in [-0.2, -0.15) is 13.2 Å². The van der Waals surface area contributed by atoms with Crippen molar-refractivity contribution in [3.05, 3.63) is 0 Å². The van der Waals surface area contributed by atoms with Crippen molar-refractivity contribution in [2.75, 3.05) is 80.7 Å². The van der Waals surface area contributed by atoms with Crippen molar-refractivity contribution in [1.29, 1.82) is 0 Å². The number of halogens is 4. The van der Waals surface area contributed by atoms with Crippen LogP contribution in [-0.2, 0) is 62.3 Å². The van der Waals surface area contributed by atoms with Gasteiger partial charge in [-0.15, -0.1) is 11.6 Å². The van der Waals surface area contributed by atoms with E-state index in [9.17, 15) is 32.3 Å². The maximum absolute atomic E-state index is 15.8. The summed E-state index contributed by atoms with van der Waals surface area (Å²) in [6.45, 7) is 10.9. The van der Waals surface area contributed by atoms with E-state index < -0.39 is 173 Å². The Hall–Kier alpha value is -6.32. The number of rotatable bonds is 12. The first-order valence-electron chi connectivity index (χ1n) is 38.1. The van der Waals surface area contributed by atoms with Gasteiger partial charge in [-0.3, -0.25) is 57.5 Å². The van der Waals surface area contributed by atoms with Crippen LogP contribution in [-0.4, -0.2) is 262 Å². The van der Waals surface area contributed by atoms with Crippen molar-refractivity contribution >= 4 is 82.5 Å². The van der Waals surface area contributed by atoms with E-state index in [0.717, 1.165) is 44.9 Å². The summed E-state index contributed by atoms with van der Waals surface area (Å²) in [7, 11) is 5.86. The number of hydrogen-bond donors (Lipinski definition) is 4. The molecule has 8 aliphatic rings. The van der Waals surface area contributed by atoms with Crippen LogP contribution in [0, 0.1) is 35.5 Å². The van der Waals surface area contributed by atoms with E-state index in [4.69, 9.17) is 16.3 Å². The van der Waals surface area contributed by atoms with Crippen molar-refractivity contribution in [3.8, 4) is 0 Å². The molecule has 8 rings (SSSR count). The minimum Gasteiger partial charge on any atom is -0.378 e. The average molecular weight is 1460 g/mol. The predicted octanol–water partition coefficient (Wildman–Crippen LogP) is 5.52. The Labute approximate surface area is 605 Å². The van der Waals surface area contributed by atoms with E-state index in [1.165, 1.54) is 74.3 Å². The van der Waals surface area contributed by atoms with Crippen LogP contribution in [0.2, 0.25) is 0 Å². The summed E-state index contributed by atoms with van der Waals surface area (Å²) >= 11 is 6.42. The van der Waals surface area contributed by atoms with Crippen molar-refractivity contribution in [1.82, 2.24) is 60.5 Å². The molecular formula is C73H116ClF3N12O13. The van der Waals surface area contributed by atoms with Gasteiger partial charge in [0.15, 0.2) is 0 Å². The zero-order valence-corrected chi connectivity index (χ0v) is 62.7. The van der Waals surface area contributed by atoms with E-state index in [1.807, 2.05) is 20.8 Å². The molecule has 12 amide bonds. The highest BCUT2D eigenvalue weighted by Crippen LogP contribution is 2.44. The lowest BCUT2D eigenvalue weighted by molar-refractivity contribution is -0.182. The quantitative estimate of drug-likeness (QED) is 0.175. The first kappa shape index (κ1) is 81.4. The Kier molecular flexibility index (Phi) is 28.8. The Balaban J connectivity index is 1.17. The van der Waals surface area contributed by atoms with Crippen molar-refractivity contribution in [2.24, 2.45) is 35.5 Å². The number of ether oxygens (including phenoxy) is 1. The third-order valence-corrected chi connectivity index (χ3v) is 24.3. The molecule has 0 radical (unpaired) electrons. The molecule has 4 saturated heterocycles. The molecule has 8 fully saturated rings. The van der Waals surface area contributed by atoms with Crippen LogP contribution in [0.15, 0.2) is 0 Å². The van der Waals surface area contributed by atoms with Crippen molar-refractivity contribution in [3.63, 3.8) is 0 Å². The van der Waals surface area contributed by atoms with Crippen molar-refractivity contribution < 1.29 is 75.4 Å². The molecule has 0 bridgehead atoms. The molecule has 1 spiro atoms. The van der Waals surface area contributed by atoms with Gasteiger partial charge < -0.3 is 65.2 Å². The fraction of sp³-hybridized carbons (Fsp3) is 0.836. The number of likely N-dealkylation sites (N-methyl/N-ethyl adjacent to an activating group) is 5. The summed E-state index contributed by atoms with van der Waals surface area (Å²) in [5.41, 5.74) is -1.56. The van der Waals surface area contributed by atoms with Crippen LogP contribution < -0.4 is 21.3 Å². The van der Waals surface area contributed by atoms with Crippen LogP contribution >= 0.6 is 11.6 Å². The van der Waals surface area contributed by atoms with Gasteiger partial charge in [-0.05, 0) is 133 Å². The van der Waals surface area contributed by atoms with Gasteiger partial charge in [0.1, 0.15) is 59.9 Å². The monoisotopic (exact) mass is 1460 g/mol. The fourth-order valence-electron chi connectivity index (χ4n) is 17.3. The second kappa shape index (κ2) is 36.1. The molecule has 0 aromatic rings. The molecule has 4 N–H and O–H groups in total. The molecule has 4 aliphatic heterocycles. The van der Waals surface area contributed by atoms with Crippen LogP contribution in [0.1, 0.15) is 202 Å². The molecule has 102 heavy (non-hydrogen) atoms. The van der Waals surface area contributed by atoms with E-state index in [1.54, 1.807) is 13.8 Å². The maximum atomic E-state index is 15.8. The molecule has 574 valence electrons. The van der Waals surface area contributed by atoms with Gasteiger partial charge in [-0.1, -0.05) is 91.9 Å². The van der Waals surface area contributed by atoms with Crippen LogP contribution in [0.5, 0.6) is 0 Å². The smallest absolute Gasteiger partial charge is 0.378 e. The molecule has 4 saturated carbocycles. The zero-order valence-electron chi connectivity index (χ0n) is 62.0. The summed E-state index contributed by atoms with van der Waals surface area (Å²) in [5.74, 6) is -10.6. The molecular weight excluding hydrogens is 1350 g/mol. The number of morpholine rings is 1. The predicted molar refractivity (Wildman–Crippen MR) is 374 cm³/mol. The highest BCUT2D eigenvalue weighted by molar-refractivity contribution is 6.21. The second-order valence-electron chi connectivity index (χ2n) is 31.2. The molecule has 4 aliphatic carbocycles. The number of carbonyl (C=O) groups is 12. The average Bonchev–Trinajstić information content (AvgIpc) is 1.64. The molecule has 0 aromatic heterocycles. The first-order chi connectivity index (χ1) is 48.3. The van der Waals surface area contributed by atoms with Gasteiger partial charge in [0, 0.05) is 66.3 Å². The number of nitrogens with one attached hydrogen (secondary N) is 4. The Morgan fingerprint density at radius 3 is 1.88 bits per heavy atom. The van der Waals surface area contributed by atoms with E-state index >= 15 is 38.4 Å². The summed E-state index contributed by atoms with van der Waals surface area (Å²) < 4.78 is 47.7. The van der Waals surface area contributed by atoms with E-state index in [-0.39, 0.29) is 134 Å². The SMILES string of the molecule is CC[C@H](C)[C@@H]1NC(=O)[C@H](CC(C)C)N(CC)C(=O)C[C@@H](C(=O)N2CCOCC2)N(C)C(=O)[C@H](C2CCCC2)N(C)C(=O)C2(CCCC2)NC(=O)[C@@H]2CCCN2C(=O)[C@H](CCC2CCC(C(F)(F)F)C(Cl)C2)NC(=O)CN(C)C(=O)[C@H](CC2CCCCC2)N(C)C(=O)[C@@H]2CCN2C(=O)[C@H](C)NC1=O. The largest absolute Gasteiger partial charge is 0.393 e. The van der Waals surface area contributed by atoms with Gasteiger partial charge in [0.2, 0.25) is 70.9 Å². The molecule has 0 aromatic carbocycles. The van der Waals surface area contributed by atoms with Crippen LogP contribution in [0.4, 0.5) is 13.2 Å². The molecule has 29 heteroatoms. The Bertz CT molecular complexity index is 3000. The standard InChI is InChI=1S/C73H116ClF3N12O13/c1-11-45(5)60-64(94)78-46(6)65(95)89-34-30-54(89)68(98)83(8)56(41-47-21-14-13-15-22-47)67(97)82(7)43-58(90)79-52(29-27-48-26-28-50(51(74)40-48)73(75,76)77)66(96)88-33-20-25-53(88)63(93)81-72(31-18-19-32-72)71(101)85(10)61(49-23-16-17-24-49)70(100)84(9)57(69(99)86-35-37-102-38-36-86)42-59(91)87(12-2)55(39-44(3)4)62(92)80-60/h44-57,60-61H,11-43H2,1-10H3,(H,78,94)(H,79,90)(H,80,92)(H,81,93)/t45-,46-,48?,50?,51?,52-,53-,54-,55-,56-,57-,60-,61-/m0/s1. The fourth-order valence-corrected chi connectivity index (χ4v) is 17.9. The second-order valence-corrected chi connectivity index (χ2v) is 31.7. The summed E-state index contributed by atoms with van der Waals surface area (Å²) in [5, 5.41) is 10.4.